The van der Waals surface area contributed by atoms with Crippen molar-refractivity contribution in [3.8, 4) is 0 Å². The summed E-state index contributed by atoms with van der Waals surface area (Å²) in [6.07, 6.45) is 0. The Morgan fingerprint density at radius 2 is 1.00 bits per heavy atom. The lowest BCUT2D eigenvalue weighted by Gasteiger charge is -2.14. The molecule has 0 aliphatic carbocycles. The van der Waals surface area contributed by atoms with Gasteiger partial charge in [-0.25, -0.2) is 0 Å². The molecule has 2 N–H and O–H groups in total. The average molecular weight is 267 g/mol. The van der Waals surface area contributed by atoms with Gasteiger partial charge in [-0.05, 0) is 43.8 Å². The fourth-order valence-corrected chi connectivity index (χ4v) is 3.67. The number of anilines is 1. The first kappa shape index (κ1) is 10.9. The monoisotopic (exact) mass is 267 g/mol. The Hall–Kier alpha value is -2.80. The second-order valence-corrected chi connectivity index (χ2v) is 5.64. The van der Waals surface area contributed by atoms with Crippen LogP contribution in [0.15, 0.2) is 66.7 Å². The molecule has 0 fully saturated rings. The van der Waals surface area contributed by atoms with E-state index in [9.17, 15) is 0 Å². The standard InChI is InChI=1S/C20H13N/c21-18-11-10-16-14-7-2-5-12-4-1-6-13(19(12)14)15-8-3-9-17(18)20(15)16/h1-11H,21H2. The van der Waals surface area contributed by atoms with Crippen molar-refractivity contribution in [2.45, 2.75) is 0 Å². The summed E-state index contributed by atoms with van der Waals surface area (Å²) < 4.78 is 0. The van der Waals surface area contributed by atoms with Crippen LogP contribution in [0.5, 0.6) is 0 Å². The Kier molecular flexibility index (Phi) is 1.90. The molecule has 21 heavy (non-hydrogen) atoms. The van der Waals surface area contributed by atoms with Gasteiger partial charge in [-0.1, -0.05) is 60.7 Å². The minimum atomic E-state index is 0.849. The number of hydrogen-bond donors (Lipinski definition) is 1. The molecule has 0 atom stereocenters. The summed E-state index contributed by atoms with van der Waals surface area (Å²) in [4.78, 5) is 0. The molecule has 0 saturated carbocycles. The first-order chi connectivity index (χ1) is 10.3. The minimum absolute atomic E-state index is 0.849. The van der Waals surface area contributed by atoms with Crippen LogP contribution in [0.4, 0.5) is 5.69 Å². The third-order valence-corrected chi connectivity index (χ3v) is 4.56. The van der Waals surface area contributed by atoms with Crippen molar-refractivity contribution in [2.24, 2.45) is 0 Å². The highest BCUT2D eigenvalue weighted by molar-refractivity contribution is 6.33. The maximum atomic E-state index is 6.19. The topological polar surface area (TPSA) is 26.0 Å². The summed E-state index contributed by atoms with van der Waals surface area (Å²) in [5.74, 6) is 0. The first-order valence-electron chi connectivity index (χ1n) is 7.18. The number of nitrogens with two attached hydrogens (primary N) is 1. The Morgan fingerprint density at radius 1 is 0.476 bits per heavy atom. The van der Waals surface area contributed by atoms with E-state index in [2.05, 4.69) is 60.7 Å². The van der Waals surface area contributed by atoms with Crippen molar-refractivity contribution in [2.75, 3.05) is 5.73 Å². The summed E-state index contributed by atoms with van der Waals surface area (Å²) in [5.41, 5.74) is 7.04. The number of rotatable bonds is 0. The fraction of sp³-hybridized carbons (Fsp3) is 0. The molecule has 5 aromatic carbocycles. The van der Waals surface area contributed by atoms with E-state index in [0.717, 1.165) is 11.1 Å². The lowest BCUT2D eigenvalue weighted by Crippen LogP contribution is -1.90. The Bertz CT molecular complexity index is 1090. The van der Waals surface area contributed by atoms with E-state index in [1.165, 1.54) is 37.7 Å². The fourth-order valence-electron chi connectivity index (χ4n) is 3.67. The molecule has 0 aliphatic heterocycles. The molecule has 0 spiro atoms. The zero-order valence-electron chi connectivity index (χ0n) is 11.4. The average Bonchev–Trinajstić information content (AvgIpc) is 2.54. The third kappa shape index (κ3) is 1.26. The van der Waals surface area contributed by atoms with E-state index in [4.69, 9.17) is 5.73 Å². The molecule has 0 amide bonds. The first-order valence-corrected chi connectivity index (χ1v) is 7.18. The van der Waals surface area contributed by atoms with E-state index >= 15 is 0 Å². The molecule has 1 nitrogen and oxygen atoms in total. The molecule has 5 rings (SSSR count). The maximum Gasteiger partial charge on any atom is 0.0394 e. The van der Waals surface area contributed by atoms with Crippen LogP contribution in [0.3, 0.4) is 0 Å². The quantitative estimate of drug-likeness (QED) is 0.229. The molecule has 0 aromatic heterocycles. The summed E-state index contributed by atoms with van der Waals surface area (Å²) in [6.45, 7) is 0. The molecular formula is C20H13N. The van der Waals surface area contributed by atoms with Crippen LogP contribution in [0.25, 0.3) is 43.1 Å². The van der Waals surface area contributed by atoms with E-state index in [1.807, 2.05) is 6.07 Å². The highest BCUT2D eigenvalue weighted by Gasteiger charge is 2.12. The second kappa shape index (κ2) is 3.64. The van der Waals surface area contributed by atoms with Gasteiger partial charge >= 0.3 is 0 Å². The van der Waals surface area contributed by atoms with E-state index in [-0.39, 0.29) is 0 Å². The molecular weight excluding hydrogens is 254 g/mol. The third-order valence-electron chi connectivity index (χ3n) is 4.56. The van der Waals surface area contributed by atoms with Crippen LogP contribution in [0, 0.1) is 0 Å². The summed E-state index contributed by atoms with van der Waals surface area (Å²) in [6, 6.07) is 23.7. The van der Waals surface area contributed by atoms with Crippen molar-refractivity contribution >= 4 is 48.8 Å². The van der Waals surface area contributed by atoms with E-state index < -0.39 is 0 Å². The maximum absolute atomic E-state index is 6.19. The van der Waals surface area contributed by atoms with Gasteiger partial charge in [0, 0.05) is 11.1 Å². The summed E-state index contributed by atoms with van der Waals surface area (Å²) in [7, 11) is 0. The highest BCUT2D eigenvalue weighted by atomic mass is 14.5. The number of benzene rings is 5. The van der Waals surface area contributed by atoms with Crippen LogP contribution >= 0.6 is 0 Å². The van der Waals surface area contributed by atoms with E-state index in [1.54, 1.807) is 0 Å². The van der Waals surface area contributed by atoms with Gasteiger partial charge in [-0.2, -0.15) is 0 Å². The molecule has 0 radical (unpaired) electrons. The smallest absolute Gasteiger partial charge is 0.0394 e. The Labute approximate surface area is 121 Å². The zero-order chi connectivity index (χ0) is 14.0. The lowest BCUT2D eigenvalue weighted by molar-refractivity contribution is 1.76. The predicted molar refractivity (Wildman–Crippen MR) is 92.1 cm³/mol. The van der Waals surface area contributed by atoms with Gasteiger partial charge in [0.2, 0.25) is 0 Å². The molecule has 0 bridgehead atoms. The van der Waals surface area contributed by atoms with Gasteiger partial charge in [0.15, 0.2) is 0 Å². The van der Waals surface area contributed by atoms with Gasteiger partial charge in [0.1, 0.15) is 0 Å². The summed E-state index contributed by atoms with van der Waals surface area (Å²) in [5, 5.41) is 10.3. The van der Waals surface area contributed by atoms with Crippen molar-refractivity contribution in [3.05, 3.63) is 66.7 Å². The largest absolute Gasteiger partial charge is 0.398 e. The van der Waals surface area contributed by atoms with Gasteiger partial charge < -0.3 is 5.73 Å². The van der Waals surface area contributed by atoms with Gasteiger partial charge in [-0.15, -0.1) is 0 Å². The van der Waals surface area contributed by atoms with Gasteiger partial charge in [0.25, 0.3) is 0 Å². The molecule has 5 aromatic rings. The lowest BCUT2D eigenvalue weighted by atomic mass is 9.89. The number of nitrogen functional groups attached to an aromatic ring is 1. The number of hydrogen-bond acceptors (Lipinski definition) is 1. The normalized spacial score (nSPS) is 12.0. The molecule has 98 valence electrons. The van der Waals surface area contributed by atoms with E-state index in [0.29, 0.717) is 0 Å². The van der Waals surface area contributed by atoms with Crippen molar-refractivity contribution < 1.29 is 0 Å². The molecule has 1 heteroatoms. The zero-order valence-corrected chi connectivity index (χ0v) is 11.4. The van der Waals surface area contributed by atoms with Crippen LogP contribution in [-0.4, -0.2) is 0 Å². The highest BCUT2D eigenvalue weighted by Crippen LogP contribution is 2.41. The summed E-state index contributed by atoms with van der Waals surface area (Å²) >= 11 is 0. The molecule has 0 heterocycles. The molecule has 0 saturated heterocycles. The van der Waals surface area contributed by atoms with Gasteiger partial charge in [0.05, 0.1) is 0 Å². The Morgan fingerprint density at radius 3 is 1.71 bits per heavy atom. The van der Waals surface area contributed by atoms with Gasteiger partial charge in [-0.3, -0.25) is 0 Å². The number of fused-ring (bicyclic) bond motifs is 2. The van der Waals surface area contributed by atoms with Crippen LogP contribution in [-0.2, 0) is 0 Å². The molecule has 0 unspecified atom stereocenters. The second-order valence-electron chi connectivity index (χ2n) is 5.64. The SMILES string of the molecule is Nc1ccc2c3cccc4cccc(c5cccc1c52)c43. The molecule has 0 aliphatic rings. The minimum Gasteiger partial charge on any atom is -0.398 e. The van der Waals surface area contributed by atoms with Crippen molar-refractivity contribution in [1.82, 2.24) is 0 Å². The predicted octanol–water partition coefficient (Wildman–Crippen LogP) is 5.32. The van der Waals surface area contributed by atoms with Crippen LogP contribution in [0.1, 0.15) is 0 Å². The van der Waals surface area contributed by atoms with Crippen molar-refractivity contribution in [1.29, 1.82) is 0 Å². The van der Waals surface area contributed by atoms with Crippen LogP contribution in [0.2, 0.25) is 0 Å². The van der Waals surface area contributed by atoms with Crippen molar-refractivity contribution in [3.63, 3.8) is 0 Å². The Balaban J connectivity index is 2.29. The van der Waals surface area contributed by atoms with Crippen LogP contribution < -0.4 is 5.73 Å².